The molecule has 0 bridgehead atoms. The van der Waals surface area contributed by atoms with Gasteiger partial charge in [-0.3, -0.25) is 9.20 Å². The number of carbonyl (C=O) groups is 2. The highest BCUT2D eigenvalue weighted by Crippen LogP contribution is 2.40. The van der Waals surface area contributed by atoms with Crippen molar-refractivity contribution in [3.05, 3.63) is 71.9 Å². The fraction of sp³-hybridized carbons (Fsp3) is 0.345. The highest BCUT2D eigenvalue weighted by atomic mass is 16.2. The van der Waals surface area contributed by atoms with Crippen molar-refractivity contribution >= 4 is 29.1 Å². The van der Waals surface area contributed by atoms with E-state index < -0.39 is 0 Å². The number of pyridine rings is 1. The largest absolute Gasteiger partial charge is 0.382 e. The van der Waals surface area contributed by atoms with Gasteiger partial charge in [0.2, 0.25) is 0 Å². The lowest BCUT2D eigenvalue weighted by molar-refractivity contribution is 0.102. The van der Waals surface area contributed by atoms with Gasteiger partial charge in [0.15, 0.2) is 0 Å². The molecule has 1 saturated carbocycles. The van der Waals surface area contributed by atoms with E-state index in [1.165, 1.54) is 18.4 Å². The molecule has 10 nitrogen and oxygen atoms in total. The van der Waals surface area contributed by atoms with Gasteiger partial charge in [-0.05, 0) is 68.4 Å². The highest BCUT2D eigenvalue weighted by molar-refractivity contribution is 6.04. The Balaban J connectivity index is 1.26. The molecule has 2 aliphatic rings. The van der Waals surface area contributed by atoms with Crippen LogP contribution < -0.4 is 16.4 Å². The maximum absolute atomic E-state index is 12.9. The van der Waals surface area contributed by atoms with E-state index in [0.717, 1.165) is 36.3 Å². The molecule has 200 valence electrons. The van der Waals surface area contributed by atoms with Crippen molar-refractivity contribution < 1.29 is 9.59 Å². The quantitative estimate of drug-likeness (QED) is 0.342. The first kappa shape index (κ1) is 24.8. The van der Waals surface area contributed by atoms with Crippen LogP contribution in [0.3, 0.4) is 0 Å². The van der Waals surface area contributed by atoms with E-state index in [4.69, 9.17) is 10.7 Å². The Labute approximate surface area is 226 Å². The number of imidazole rings is 1. The zero-order valence-electron chi connectivity index (χ0n) is 21.9. The average Bonchev–Trinajstić information content (AvgIpc) is 3.74. The van der Waals surface area contributed by atoms with Gasteiger partial charge < -0.3 is 21.3 Å². The molecule has 3 amide bonds. The van der Waals surface area contributed by atoms with Gasteiger partial charge in [-0.1, -0.05) is 12.1 Å². The maximum atomic E-state index is 12.9. The molecule has 4 heterocycles. The van der Waals surface area contributed by atoms with Gasteiger partial charge in [-0.25, -0.2) is 19.7 Å². The van der Waals surface area contributed by atoms with E-state index in [9.17, 15) is 9.59 Å². The number of piperidine rings is 1. The number of urea groups is 1. The van der Waals surface area contributed by atoms with Crippen LogP contribution in [0.1, 0.15) is 66.2 Å². The normalized spacial score (nSPS) is 17.3. The zero-order valence-corrected chi connectivity index (χ0v) is 21.9. The summed E-state index contributed by atoms with van der Waals surface area (Å²) < 4.78 is 1.99. The Hall–Kier alpha value is -4.47. The van der Waals surface area contributed by atoms with Crippen molar-refractivity contribution in [2.45, 2.75) is 44.4 Å². The van der Waals surface area contributed by atoms with Gasteiger partial charge in [0.25, 0.3) is 5.91 Å². The Morgan fingerprint density at radius 3 is 2.64 bits per heavy atom. The highest BCUT2D eigenvalue weighted by Gasteiger charge is 2.29. The molecule has 1 aromatic carbocycles. The zero-order chi connectivity index (χ0) is 26.9. The first-order valence-corrected chi connectivity index (χ1v) is 13.5. The van der Waals surface area contributed by atoms with E-state index >= 15 is 0 Å². The minimum Gasteiger partial charge on any atom is -0.382 e. The lowest BCUT2D eigenvalue weighted by Gasteiger charge is -2.32. The summed E-state index contributed by atoms with van der Waals surface area (Å²) in [5.74, 6) is 2.23. The van der Waals surface area contributed by atoms with Gasteiger partial charge >= 0.3 is 6.03 Å². The smallest absolute Gasteiger partial charge is 0.317 e. The average molecular weight is 525 g/mol. The third-order valence-electron chi connectivity index (χ3n) is 7.51. The lowest BCUT2D eigenvalue weighted by atomic mass is 9.97. The number of nitrogens with zero attached hydrogens (tertiary/aromatic N) is 5. The second-order valence-electron chi connectivity index (χ2n) is 10.3. The summed E-state index contributed by atoms with van der Waals surface area (Å²) in [6.07, 6.45) is 9.48. The molecule has 1 aliphatic carbocycles. The molecule has 3 aromatic heterocycles. The number of nitrogens with two attached hydrogens (primary N) is 1. The van der Waals surface area contributed by atoms with Crippen LogP contribution in [0.15, 0.2) is 55.0 Å². The van der Waals surface area contributed by atoms with Crippen LogP contribution in [-0.2, 0) is 0 Å². The molecule has 4 N–H and O–H groups in total. The third-order valence-corrected chi connectivity index (χ3v) is 7.51. The van der Waals surface area contributed by atoms with E-state index in [2.05, 4.69) is 20.6 Å². The van der Waals surface area contributed by atoms with Crippen LogP contribution in [0.25, 0.3) is 16.8 Å². The van der Waals surface area contributed by atoms with Crippen LogP contribution in [0.4, 0.5) is 16.4 Å². The second-order valence-corrected chi connectivity index (χ2v) is 10.3. The fourth-order valence-corrected chi connectivity index (χ4v) is 5.37. The number of carbonyl (C=O) groups excluding carboxylic acids is 2. The SMILES string of the molecule is CCNC(=O)N1CCCC(c2nc(-c3ccc(C(=O)Nc4cc(C5CC5)ccn4)cc3)c3c(N)nccn23)C1. The third kappa shape index (κ3) is 5.01. The van der Waals surface area contributed by atoms with Crippen LogP contribution in [-0.4, -0.2) is 55.8 Å². The van der Waals surface area contributed by atoms with E-state index in [0.29, 0.717) is 41.9 Å². The maximum Gasteiger partial charge on any atom is 0.317 e. The van der Waals surface area contributed by atoms with Crippen molar-refractivity contribution in [2.75, 3.05) is 30.7 Å². The number of nitrogens with one attached hydrogen (secondary N) is 2. The summed E-state index contributed by atoms with van der Waals surface area (Å²) in [7, 11) is 0. The van der Waals surface area contributed by atoms with Gasteiger partial charge in [-0.2, -0.15) is 0 Å². The second kappa shape index (κ2) is 10.4. The molecule has 1 unspecified atom stereocenters. The fourth-order valence-electron chi connectivity index (χ4n) is 5.37. The summed E-state index contributed by atoms with van der Waals surface area (Å²) >= 11 is 0. The molecule has 39 heavy (non-hydrogen) atoms. The molecule has 2 fully saturated rings. The van der Waals surface area contributed by atoms with Crippen LogP contribution in [0.2, 0.25) is 0 Å². The van der Waals surface area contributed by atoms with Gasteiger partial charge in [0, 0.05) is 55.3 Å². The van der Waals surface area contributed by atoms with E-state index in [-0.39, 0.29) is 17.9 Å². The molecule has 10 heteroatoms. The summed E-state index contributed by atoms with van der Waals surface area (Å²) in [6, 6.07) is 11.2. The molecule has 6 rings (SSSR count). The number of rotatable bonds is 6. The molecule has 0 spiro atoms. The number of nitrogen functional groups attached to an aromatic ring is 1. The Morgan fingerprint density at radius 1 is 1.05 bits per heavy atom. The van der Waals surface area contributed by atoms with E-state index in [1.807, 2.05) is 46.7 Å². The van der Waals surface area contributed by atoms with Crippen molar-refractivity contribution in [1.82, 2.24) is 29.6 Å². The van der Waals surface area contributed by atoms with Gasteiger partial charge in [0.1, 0.15) is 28.7 Å². The van der Waals surface area contributed by atoms with Crippen molar-refractivity contribution in [2.24, 2.45) is 0 Å². The Bertz CT molecular complexity index is 1530. The molecule has 4 aromatic rings. The Kier molecular flexibility index (Phi) is 6.60. The number of amides is 3. The van der Waals surface area contributed by atoms with Crippen LogP contribution in [0, 0.1) is 0 Å². The summed E-state index contributed by atoms with van der Waals surface area (Å²) in [5, 5.41) is 5.81. The number of fused-ring (bicyclic) bond motifs is 1. The summed E-state index contributed by atoms with van der Waals surface area (Å²) in [6.45, 7) is 3.83. The minimum absolute atomic E-state index is 0.0483. The topological polar surface area (TPSA) is 131 Å². The molecule has 0 radical (unpaired) electrons. The molecular formula is C29H32N8O2. The number of likely N-dealkylation sites (tertiary alicyclic amines) is 1. The number of hydrogen-bond donors (Lipinski definition) is 3. The predicted molar refractivity (Wildman–Crippen MR) is 150 cm³/mol. The minimum atomic E-state index is -0.216. The molecule has 1 aliphatic heterocycles. The van der Waals surface area contributed by atoms with Crippen molar-refractivity contribution in [3.8, 4) is 11.3 Å². The van der Waals surface area contributed by atoms with Crippen molar-refractivity contribution in [1.29, 1.82) is 0 Å². The van der Waals surface area contributed by atoms with Gasteiger partial charge in [-0.15, -0.1) is 0 Å². The van der Waals surface area contributed by atoms with Crippen LogP contribution in [0.5, 0.6) is 0 Å². The van der Waals surface area contributed by atoms with E-state index in [1.54, 1.807) is 24.5 Å². The summed E-state index contributed by atoms with van der Waals surface area (Å²) in [5.41, 5.74) is 10.3. The number of benzene rings is 1. The Morgan fingerprint density at radius 2 is 1.87 bits per heavy atom. The number of anilines is 2. The molecular weight excluding hydrogens is 492 g/mol. The molecule has 1 saturated heterocycles. The van der Waals surface area contributed by atoms with Gasteiger partial charge in [0.05, 0.1) is 0 Å². The first-order chi connectivity index (χ1) is 19.0. The predicted octanol–water partition coefficient (Wildman–Crippen LogP) is 4.41. The monoisotopic (exact) mass is 524 g/mol. The summed E-state index contributed by atoms with van der Waals surface area (Å²) in [4.78, 5) is 40.9. The number of hydrogen-bond acceptors (Lipinski definition) is 6. The number of aromatic nitrogens is 4. The standard InChI is InChI=1S/C29H32N8O2/c1-2-31-29(39)36-14-3-4-22(17-36)27-35-24(25-26(30)33-13-15-37(25)27)19-7-9-20(10-8-19)28(38)34-23-16-21(11-12-32-23)18-5-6-18/h7-13,15-16,18,22H,2-6,14,17H2,1H3,(H2,30,33)(H,31,39)(H,32,34,38). The van der Waals surface area contributed by atoms with Crippen LogP contribution >= 0.6 is 0 Å². The molecule has 1 atom stereocenters. The van der Waals surface area contributed by atoms with Crippen molar-refractivity contribution in [3.63, 3.8) is 0 Å². The lowest BCUT2D eigenvalue weighted by Crippen LogP contribution is -2.45. The first-order valence-electron chi connectivity index (χ1n) is 13.5.